The molecule has 1 aliphatic carbocycles. The van der Waals surface area contributed by atoms with Crippen LogP contribution >= 0.6 is 0 Å². The number of hydrogen-bond acceptors (Lipinski definition) is 5. The van der Waals surface area contributed by atoms with Crippen LogP contribution in [0.25, 0.3) is 0 Å². The molecule has 0 saturated carbocycles. The van der Waals surface area contributed by atoms with Crippen molar-refractivity contribution in [3.05, 3.63) is 22.7 Å². The first-order valence-electron chi connectivity index (χ1n) is 3.36. The SMILES string of the molecule is C=NC1=C(N)C(N)C(C=N)=C1N. The van der Waals surface area contributed by atoms with Gasteiger partial charge in [0.05, 0.1) is 17.4 Å². The van der Waals surface area contributed by atoms with Crippen LogP contribution in [-0.2, 0) is 0 Å². The molecule has 1 aliphatic rings. The fraction of sp³-hybridized carbons (Fsp3) is 0.143. The monoisotopic (exact) mass is 165 g/mol. The largest absolute Gasteiger partial charge is 0.399 e. The average molecular weight is 165 g/mol. The molecule has 0 radical (unpaired) electrons. The van der Waals surface area contributed by atoms with Gasteiger partial charge >= 0.3 is 0 Å². The number of aliphatic imine (C=N–C) groups is 1. The number of rotatable bonds is 2. The van der Waals surface area contributed by atoms with E-state index in [0.29, 0.717) is 22.7 Å². The van der Waals surface area contributed by atoms with Gasteiger partial charge in [0.1, 0.15) is 5.70 Å². The first-order valence-corrected chi connectivity index (χ1v) is 3.36. The highest BCUT2D eigenvalue weighted by molar-refractivity contribution is 5.83. The molecular formula is C7H11N5. The third-order valence-corrected chi connectivity index (χ3v) is 1.82. The Kier molecular flexibility index (Phi) is 1.97. The zero-order chi connectivity index (χ0) is 9.30. The van der Waals surface area contributed by atoms with E-state index in [-0.39, 0.29) is 0 Å². The van der Waals surface area contributed by atoms with Gasteiger partial charge in [-0.25, -0.2) is 0 Å². The molecule has 0 heterocycles. The summed E-state index contributed by atoms with van der Waals surface area (Å²) in [7, 11) is 0. The van der Waals surface area contributed by atoms with E-state index in [4.69, 9.17) is 22.6 Å². The van der Waals surface area contributed by atoms with Crippen molar-refractivity contribution < 1.29 is 0 Å². The van der Waals surface area contributed by atoms with Gasteiger partial charge in [-0.05, 0) is 6.72 Å². The highest BCUT2D eigenvalue weighted by Gasteiger charge is 2.26. The minimum Gasteiger partial charge on any atom is -0.399 e. The minimum absolute atomic E-state index is 0.352. The molecule has 1 unspecified atom stereocenters. The lowest BCUT2D eigenvalue weighted by Crippen LogP contribution is -2.28. The quantitative estimate of drug-likeness (QED) is 0.396. The maximum atomic E-state index is 7.03. The zero-order valence-corrected chi connectivity index (χ0v) is 6.54. The highest BCUT2D eigenvalue weighted by Crippen LogP contribution is 2.24. The summed E-state index contributed by atoms with van der Waals surface area (Å²) in [6, 6.07) is -0.511. The van der Waals surface area contributed by atoms with Gasteiger partial charge in [0.15, 0.2) is 0 Å². The fourth-order valence-electron chi connectivity index (χ4n) is 1.12. The molecule has 0 saturated heterocycles. The second kappa shape index (κ2) is 2.78. The normalized spacial score (nSPS) is 23.2. The summed E-state index contributed by atoms with van der Waals surface area (Å²) in [4.78, 5) is 3.64. The lowest BCUT2D eigenvalue weighted by atomic mass is 10.1. The summed E-state index contributed by atoms with van der Waals surface area (Å²) < 4.78 is 0. The predicted molar refractivity (Wildman–Crippen MR) is 48.7 cm³/mol. The lowest BCUT2D eigenvalue weighted by molar-refractivity contribution is 0.919. The molecule has 0 aromatic rings. The molecule has 0 aliphatic heterocycles. The second-order valence-corrected chi connectivity index (χ2v) is 2.45. The van der Waals surface area contributed by atoms with Gasteiger partial charge < -0.3 is 22.6 Å². The fourth-order valence-corrected chi connectivity index (χ4v) is 1.12. The van der Waals surface area contributed by atoms with Gasteiger partial charge in [-0.2, -0.15) is 0 Å². The Balaban J connectivity index is 3.22. The molecule has 0 spiro atoms. The van der Waals surface area contributed by atoms with Gasteiger partial charge in [0.2, 0.25) is 0 Å². The Labute approximate surface area is 70.1 Å². The van der Waals surface area contributed by atoms with Crippen LogP contribution in [0.15, 0.2) is 27.7 Å². The van der Waals surface area contributed by atoms with Crippen LogP contribution in [0.5, 0.6) is 0 Å². The van der Waals surface area contributed by atoms with E-state index < -0.39 is 6.04 Å². The van der Waals surface area contributed by atoms with E-state index in [2.05, 4.69) is 11.7 Å². The Morgan fingerprint density at radius 1 is 1.50 bits per heavy atom. The lowest BCUT2D eigenvalue weighted by Gasteiger charge is -2.04. The van der Waals surface area contributed by atoms with Crippen molar-refractivity contribution >= 4 is 12.9 Å². The molecule has 0 aromatic heterocycles. The minimum atomic E-state index is -0.511. The topological polar surface area (TPSA) is 114 Å². The van der Waals surface area contributed by atoms with E-state index in [9.17, 15) is 0 Å². The Morgan fingerprint density at radius 2 is 2.08 bits per heavy atom. The van der Waals surface area contributed by atoms with Gasteiger partial charge in [0, 0.05) is 11.8 Å². The Morgan fingerprint density at radius 3 is 2.33 bits per heavy atom. The Hall–Kier alpha value is -1.62. The smallest absolute Gasteiger partial charge is 0.106 e. The summed E-state index contributed by atoms with van der Waals surface area (Å²) in [5.41, 5.74) is 18.4. The number of nitrogens with zero attached hydrogens (tertiary/aromatic N) is 1. The zero-order valence-electron chi connectivity index (χ0n) is 6.54. The average Bonchev–Trinajstić information content (AvgIpc) is 2.25. The maximum absolute atomic E-state index is 7.03. The van der Waals surface area contributed by atoms with Gasteiger partial charge in [0.25, 0.3) is 0 Å². The predicted octanol–water partition coefficient (Wildman–Crippen LogP) is -0.939. The van der Waals surface area contributed by atoms with Crippen LogP contribution in [0.2, 0.25) is 0 Å². The van der Waals surface area contributed by atoms with E-state index >= 15 is 0 Å². The van der Waals surface area contributed by atoms with E-state index in [1.165, 1.54) is 0 Å². The maximum Gasteiger partial charge on any atom is 0.106 e. The number of nitrogens with one attached hydrogen (secondary N) is 1. The second-order valence-electron chi connectivity index (χ2n) is 2.45. The van der Waals surface area contributed by atoms with Crippen molar-refractivity contribution in [2.24, 2.45) is 22.2 Å². The molecule has 5 heteroatoms. The molecule has 0 fully saturated rings. The molecule has 0 bridgehead atoms. The van der Waals surface area contributed by atoms with Crippen LogP contribution in [0.3, 0.4) is 0 Å². The first-order chi connectivity index (χ1) is 5.63. The van der Waals surface area contributed by atoms with Gasteiger partial charge in [-0.1, -0.05) is 0 Å². The Bertz CT molecular complexity index is 299. The third-order valence-electron chi connectivity index (χ3n) is 1.82. The summed E-state index contributed by atoms with van der Waals surface area (Å²) in [5.74, 6) is 0. The molecule has 0 aromatic carbocycles. The van der Waals surface area contributed by atoms with Crippen molar-refractivity contribution in [2.45, 2.75) is 6.04 Å². The molecule has 5 nitrogen and oxygen atoms in total. The van der Waals surface area contributed by atoms with Crippen LogP contribution in [0, 0.1) is 5.41 Å². The van der Waals surface area contributed by atoms with Gasteiger partial charge in [-0.15, -0.1) is 0 Å². The molecule has 7 N–H and O–H groups in total. The summed E-state index contributed by atoms with van der Waals surface area (Å²) in [6.07, 6.45) is 1.09. The van der Waals surface area contributed by atoms with Crippen molar-refractivity contribution in [2.75, 3.05) is 0 Å². The summed E-state index contributed by atoms with van der Waals surface area (Å²) in [6.45, 7) is 3.31. The third kappa shape index (κ3) is 0.911. The highest BCUT2D eigenvalue weighted by atomic mass is 14.9. The van der Waals surface area contributed by atoms with Crippen LogP contribution in [0.1, 0.15) is 0 Å². The van der Waals surface area contributed by atoms with Crippen LogP contribution in [-0.4, -0.2) is 19.0 Å². The summed E-state index contributed by atoms with van der Waals surface area (Å²) >= 11 is 0. The first kappa shape index (κ1) is 8.48. The van der Waals surface area contributed by atoms with E-state index in [1.54, 1.807) is 0 Å². The van der Waals surface area contributed by atoms with Crippen molar-refractivity contribution in [1.82, 2.24) is 0 Å². The van der Waals surface area contributed by atoms with Crippen molar-refractivity contribution in [3.8, 4) is 0 Å². The number of hydrogen-bond donors (Lipinski definition) is 4. The van der Waals surface area contributed by atoms with Crippen LogP contribution < -0.4 is 17.2 Å². The molecule has 1 atom stereocenters. The molecule has 12 heavy (non-hydrogen) atoms. The van der Waals surface area contributed by atoms with Crippen LogP contribution in [0.4, 0.5) is 0 Å². The number of nitrogens with two attached hydrogens (primary N) is 3. The van der Waals surface area contributed by atoms with E-state index in [0.717, 1.165) is 6.21 Å². The van der Waals surface area contributed by atoms with Crippen molar-refractivity contribution in [1.29, 1.82) is 5.41 Å². The molecular weight excluding hydrogens is 154 g/mol. The summed E-state index contributed by atoms with van der Waals surface area (Å²) in [5, 5.41) is 7.03. The molecule has 0 amide bonds. The molecule has 64 valence electrons. The van der Waals surface area contributed by atoms with E-state index in [1.807, 2.05) is 0 Å². The standard InChI is InChI=1S/C7H11N5/c1-12-7-5(10)3(2-8)4(9)6(7)11/h2,4,8H,1,9-11H2. The van der Waals surface area contributed by atoms with Gasteiger partial charge in [-0.3, -0.25) is 4.99 Å². The molecule has 1 rings (SSSR count). The van der Waals surface area contributed by atoms with Crippen molar-refractivity contribution in [3.63, 3.8) is 0 Å².